The summed E-state index contributed by atoms with van der Waals surface area (Å²) in [5.74, 6) is 0.741. The number of hydrogen-bond donors (Lipinski definition) is 1. The van der Waals surface area contributed by atoms with E-state index < -0.39 is 0 Å². The van der Waals surface area contributed by atoms with Gasteiger partial charge in [0.05, 0.1) is 28.1 Å². The number of hydroxylamine groups is 2. The van der Waals surface area contributed by atoms with Gasteiger partial charge in [0.25, 0.3) is 0 Å². The molecule has 1 aliphatic rings. The lowest BCUT2D eigenvalue weighted by Crippen LogP contribution is -2.26. The van der Waals surface area contributed by atoms with Gasteiger partial charge in [-0.05, 0) is 40.5 Å². The number of aliphatic imine (C=N–C) groups is 1. The highest BCUT2D eigenvalue weighted by Gasteiger charge is 2.18. The van der Waals surface area contributed by atoms with Crippen molar-refractivity contribution in [1.82, 2.24) is 19.8 Å². The maximum atomic E-state index is 10.1. The van der Waals surface area contributed by atoms with Gasteiger partial charge in [0, 0.05) is 25.0 Å². The van der Waals surface area contributed by atoms with Crippen LogP contribution in [0.1, 0.15) is 25.5 Å². The zero-order valence-corrected chi connectivity index (χ0v) is 14.4. The van der Waals surface area contributed by atoms with Gasteiger partial charge >= 0.3 is 0 Å². The Morgan fingerprint density at radius 1 is 1.30 bits per heavy atom. The van der Waals surface area contributed by atoms with Crippen LogP contribution in [0.3, 0.4) is 0 Å². The third kappa shape index (κ3) is 3.35. The molecule has 23 heavy (non-hydrogen) atoms. The molecule has 0 fully saturated rings. The molecule has 0 spiro atoms. The fraction of sp³-hybridized carbons (Fsp3) is 0.312. The molecule has 7 heteroatoms. The summed E-state index contributed by atoms with van der Waals surface area (Å²) in [5.41, 5.74) is 2.72. The SMILES string of the molecule is CCCC1=C(Cc2ccnn2-c2ncccc2Br)N=CCN1O. The molecule has 3 heterocycles. The Kier molecular flexibility index (Phi) is 4.88. The molecule has 0 saturated heterocycles. The van der Waals surface area contributed by atoms with Crippen molar-refractivity contribution in [1.29, 1.82) is 0 Å². The maximum Gasteiger partial charge on any atom is 0.167 e. The highest BCUT2D eigenvalue weighted by molar-refractivity contribution is 9.10. The van der Waals surface area contributed by atoms with Crippen LogP contribution in [0.5, 0.6) is 0 Å². The topological polar surface area (TPSA) is 66.5 Å². The van der Waals surface area contributed by atoms with Gasteiger partial charge in [-0.2, -0.15) is 5.10 Å². The number of halogens is 1. The number of aromatic nitrogens is 3. The maximum absolute atomic E-state index is 10.1. The van der Waals surface area contributed by atoms with Crippen LogP contribution in [-0.2, 0) is 6.42 Å². The van der Waals surface area contributed by atoms with Gasteiger partial charge in [-0.3, -0.25) is 15.3 Å². The van der Waals surface area contributed by atoms with Crippen molar-refractivity contribution >= 4 is 22.1 Å². The van der Waals surface area contributed by atoms with E-state index in [0.29, 0.717) is 13.0 Å². The highest BCUT2D eigenvalue weighted by atomic mass is 79.9. The first-order valence-corrected chi connectivity index (χ1v) is 8.34. The van der Waals surface area contributed by atoms with Crippen molar-refractivity contribution in [2.45, 2.75) is 26.2 Å². The van der Waals surface area contributed by atoms with E-state index in [1.54, 1.807) is 23.3 Å². The quantitative estimate of drug-likeness (QED) is 0.869. The summed E-state index contributed by atoms with van der Waals surface area (Å²) < 4.78 is 2.68. The summed E-state index contributed by atoms with van der Waals surface area (Å²) >= 11 is 3.51. The molecule has 0 aliphatic carbocycles. The summed E-state index contributed by atoms with van der Waals surface area (Å²) in [6.07, 6.45) is 7.56. The van der Waals surface area contributed by atoms with E-state index in [1.165, 1.54) is 5.06 Å². The first kappa shape index (κ1) is 15.9. The molecule has 0 saturated carbocycles. The van der Waals surface area contributed by atoms with Crippen molar-refractivity contribution < 1.29 is 5.21 Å². The summed E-state index contributed by atoms with van der Waals surface area (Å²) in [4.78, 5) is 8.88. The van der Waals surface area contributed by atoms with Crippen LogP contribution < -0.4 is 0 Å². The van der Waals surface area contributed by atoms with Crippen LogP contribution in [0.15, 0.2) is 51.5 Å². The average Bonchev–Trinajstić information content (AvgIpc) is 2.99. The lowest BCUT2D eigenvalue weighted by atomic mass is 10.1. The zero-order chi connectivity index (χ0) is 16.2. The van der Waals surface area contributed by atoms with E-state index in [9.17, 15) is 5.21 Å². The molecule has 2 aromatic heterocycles. The van der Waals surface area contributed by atoms with Gasteiger partial charge in [-0.1, -0.05) is 13.3 Å². The predicted octanol–water partition coefficient (Wildman–Crippen LogP) is 3.36. The van der Waals surface area contributed by atoms with Gasteiger partial charge < -0.3 is 0 Å². The molecule has 1 aliphatic heterocycles. The Balaban J connectivity index is 1.95. The second kappa shape index (κ2) is 7.06. The predicted molar refractivity (Wildman–Crippen MR) is 91.7 cm³/mol. The lowest BCUT2D eigenvalue weighted by molar-refractivity contribution is -0.0454. The molecule has 0 atom stereocenters. The summed E-state index contributed by atoms with van der Waals surface area (Å²) in [7, 11) is 0. The van der Waals surface area contributed by atoms with Gasteiger partial charge in [0.2, 0.25) is 0 Å². The second-order valence-electron chi connectivity index (χ2n) is 5.26. The van der Waals surface area contributed by atoms with E-state index in [-0.39, 0.29) is 0 Å². The van der Waals surface area contributed by atoms with E-state index in [4.69, 9.17) is 0 Å². The molecule has 6 nitrogen and oxygen atoms in total. The Morgan fingerprint density at radius 2 is 2.17 bits per heavy atom. The Hall–Kier alpha value is -1.99. The lowest BCUT2D eigenvalue weighted by Gasteiger charge is -2.24. The Bertz CT molecular complexity index is 752. The van der Waals surface area contributed by atoms with Crippen LogP contribution in [0.4, 0.5) is 0 Å². The first-order chi connectivity index (χ1) is 11.2. The standard InChI is InChI=1S/C16H18BrN5O/c1-2-4-15-14(18-9-10-21(15)23)11-12-6-8-20-22(12)16-13(17)5-3-7-19-16/h3,5-9,23H,2,4,10-11H2,1H3. The summed E-state index contributed by atoms with van der Waals surface area (Å²) in [6.45, 7) is 2.52. The fourth-order valence-electron chi connectivity index (χ4n) is 2.58. The number of nitrogens with zero attached hydrogens (tertiary/aromatic N) is 5. The van der Waals surface area contributed by atoms with Gasteiger partial charge in [-0.15, -0.1) is 0 Å². The smallest absolute Gasteiger partial charge is 0.167 e. The third-order valence-corrected chi connectivity index (χ3v) is 4.26. The van der Waals surface area contributed by atoms with E-state index in [0.717, 1.165) is 40.2 Å². The van der Waals surface area contributed by atoms with Gasteiger partial charge in [-0.25, -0.2) is 9.67 Å². The van der Waals surface area contributed by atoms with E-state index in [1.807, 2.05) is 18.2 Å². The van der Waals surface area contributed by atoms with Crippen LogP contribution in [0.25, 0.3) is 5.82 Å². The number of allylic oxidation sites excluding steroid dienone is 2. The van der Waals surface area contributed by atoms with E-state index >= 15 is 0 Å². The van der Waals surface area contributed by atoms with Crippen LogP contribution in [0.2, 0.25) is 0 Å². The number of hydrogen-bond acceptors (Lipinski definition) is 5. The van der Waals surface area contributed by atoms with Crippen molar-refractivity contribution in [2.75, 3.05) is 6.54 Å². The van der Waals surface area contributed by atoms with Crippen molar-refractivity contribution in [3.63, 3.8) is 0 Å². The highest BCUT2D eigenvalue weighted by Crippen LogP contribution is 2.24. The molecule has 0 amide bonds. The number of pyridine rings is 1. The molecule has 3 rings (SSSR count). The molecule has 0 aromatic carbocycles. The molecular weight excluding hydrogens is 358 g/mol. The minimum Gasteiger partial charge on any atom is -0.288 e. The van der Waals surface area contributed by atoms with Crippen molar-refractivity contribution in [2.24, 2.45) is 4.99 Å². The second-order valence-corrected chi connectivity index (χ2v) is 6.11. The third-order valence-electron chi connectivity index (χ3n) is 3.64. The van der Waals surface area contributed by atoms with Gasteiger partial charge in [0.1, 0.15) is 0 Å². The normalized spacial score (nSPS) is 14.7. The molecule has 0 radical (unpaired) electrons. The minimum absolute atomic E-state index is 0.434. The zero-order valence-electron chi connectivity index (χ0n) is 12.9. The molecule has 0 bridgehead atoms. The summed E-state index contributed by atoms with van der Waals surface area (Å²) in [5, 5.41) is 15.7. The van der Waals surface area contributed by atoms with Crippen molar-refractivity contribution in [3.05, 3.63) is 52.2 Å². The molecule has 120 valence electrons. The monoisotopic (exact) mass is 375 g/mol. The summed E-state index contributed by atoms with van der Waals surface area (Å²) in [6, 6.07) is 5.75. The first-order valence-electron chi connectivity index (χ1n) is 7.55. The average molecular weight is 376 g/mol. The number of rotatable bonds is 5. The van der Waals surface area contributed by atoms with Crippen molar-refractivity contribution in [3.8, 4) is 5.82 Å². The minimum atomic E-state index is 0.434. The van der Waals surface area contributed by atoms with E-state index in [2.05, 4.69) is 37.9 Å². The molecule has 2 aromatic rings. The van der Waals surface area contributed by atoms with Crippen LogP contribution in [0, 0.1) is 0 Å². The molecular formula is C16H18BrN5O. The Morgan fingerprint density at radius 3 is 2.96 bits per heavy atom. The van der Waals surface area contributed by atoms with Crippen LogP contribution >= 0.6 is 15.9 Å². The largest absolute Gasteiger partial charge is 0.288 e. The fourth-order valence-corrected chi connectivity index (χ4v) is 3.00. The molecule has 1 N–H and O–H groups in total. The Labute approximate surface area is 143 Å². The van der Waals surface area contributed by atoms with Crippen LogP contribution in [-0.4, -0.2) is 37.8 Å². The van der Waals surface area contributed by atoms with Gasteiger partial charge in [0.15, 0.2) is 5.82 Å². The molecule has 0 unspecified atom stereocenters.